The van der Waals surface area contributed by atoms with Gasteiger partial charge in [0.25, 0.3) is 0 Å². The molecule has 0 aromatic carbocycles. The Balaban J connectivity index is 2.12. The van der Waals surface area contributed by atoms with E-state index in [4.69, 9.17) is 0 Å². The highest BCUT2D eigenvalue weighted by atomic mass is 32.2. The molecule has 0 radical (unpaired) electrons. The van der Waals surface area contributed by atoms with Crippen LogP contribution in [0.2, 0.25) is 0 Å². The topological polar surface area (TPSA) is 56.5 Å². The number of tetrazole rings is 1. The molecule has 2 aromatic rings. The number of aryl methyl sites for hydroxylation is 1. The van der Waals surface area contributed by atoms with Crippen molar-refractivity contribution in [2.45, 2.75) is 29.4 Å². The van der Waals surface area contributed by atoms with Crippen LogP contribution in [0.3, 0.4) is 0 Å². The summed E-state index contributed by atoms with van der Waals surface area (Å²) in [5.74, 6) is 0. The first-order valence-electron chi connectivity index (χ1n) is 4.23. The van der Waals surface area contributed by atoms with Crippen LogP contribution in [0.5, 0.6) is 0 Å². The number of aromatic nitrogens is 5. The quantitative estimate of drug-likeness (QED) is 0.795. The molecular weight excluding hydrogens is 218 g/mol. The van der Waals surface area contributed by atoms with E-state index in [0.717, 1.165) is 22.5 Å². The summed E-state index contributed by atoms with van der Waals surface area (Å²) < 4.78 is 2.77. The minimum absolute atomic E-state index is 0.807. The number of thiazole rings is 1. The second-order valence-corrected chi connectivity index (χ2v) is 4.69. The minimum atomic E-state index is 0.807. The molecule has 0 saturated carbocycles. The zero-order valence-corrected chi connectivity index (χ0v) is 9.25. The van der Waals surface area contributed by atoms with Crippen molar-refractivity contribution in [3.8, 4) is 0 Å². The predicted molar refractivity (Wildman–Crippen MR) is 54.3 cm³/mol. The Morgan fingerprint density at radius 2 is 2.50 bits per heavy atom. The van der Waals surface area contributed by atoms with E-state index in [1.165, 1.54) is 11.8 Å². The largest absolute Gasteiger partial charge is 0.238 e. The van der Waals surface area contributed by atoms with Gasteiger partial charge < -0.3 is 0 Å². The third-order valence-electron chi connectivity index (χ3n) is 1.52. The Hall–Kier alpha value is -0.950. The molecule has 0 amide bonds. The van der Waals surface area contributed by atoms with Crippen LogP contribution in [0.15, 0.2) is 21.1 Å². The van der Waals surface area contributed by atoms with E-state index in [-0.39, 0.29) is 0 Å². The molecular formula is C7H9N5S2. The van der Waals surface area contributed by atoms with Crippen molar-refractivity contribution in [3.63, 3.8) is 0 Å². The maximum Gasteiger partial charge on any atom is 0.216 e. The number of nitrogens with zero attached hydrogens (tertiary/aromatic N) is 5. The van der Waals surface area contributed by atoms with Gasteiger partial charge in [-0.15, -0.1) is 16.4 Å². The fourth-order valence-corrected chi connectivity index (χ4v) is 2.48. The Labute approximate surface area is 89.5 Å². The van der Waals surface area contributed by atoms with Crippen molar-refractivity contribution in [3.05, 3.63) is 11.6 Å². The first-order chi connectivity index (χ1) is 6.90. The Bertz CT molecular complexity index is 382. The average Bonchev–Trinajstić information content (AvgIpc) is 2.80. The monoisotopic (exact) mass is 227 g/mol. The molecule has 0 fully saturated rings. The van der Waals surface area contributed by atoms with Crippen LogP contribution in [0, 0.1) is 0 Å². The van der Waals surface area contributed by atoms with Crippen molar-refractivity contribution in [2.24, 2.45) is 0 Å². The van der Waals surface area contributed by atoms with Gasteiger partial charge in [-0.3, -0.25) is 0 Å². The first-order valence-corrected chi connectivity index (χ1v) is 5.93. The summed E-state index contributed by atoms with van der Waals surface area (Å²) in [6, 6.07) is 0. The molecule has 0 unspecified atom stereocenters. The highest BCUT2D eigenvalue weighted by Crippen LogP contribution is 2.26. The highest BCUT2D eigenvalue weighted by Gasteiger charge is 2.08. The van der Waals surface area contributed by atoms with Crippen LogP contribution < -0.4 is 0 Å². The summed E-state index contributed by atoms with van der Waals surface area (Å²) in [5, 5.41) is 14.2. The van der Waals surface area contributed by atoms with Gasteiger partial charge in [0.2, 0.25) is 5.16 Å². The van der Waals surface area contributed by atoms with E-state index in [0.29, 0.717) is 0 Å². The number of hydrogen-bond acceptors (Lipinski definition) is 6. The third-order valence-corrected chi connectivity index (χ3v) is 3.38. The number of rotatable bonds is 4. The van der Waals surface area contributed by atoms with Crippen LogP contribution in [-0.4, -0.2) is 25.2 Å². The molecule has 0 N–H and O–H groups in total. The van der Waals surface area contributed by atoms with Crippen molar-refractivity contribution in [2.75, 3.05) is 0 Å². The molecule has 0 aliphatic heterocycles. The van der Waals surface area contributed by atoms with Crippen LogP contribution >= 0.6 is 23.1 Å². The average molecular weight is 227 g/mol. The zero-order chi connectivity index (χ0) is 9.80. The molecule has 2 heterocycles. The van der Waals surface area contributed by atoms with E-state index in [2.05, 4.69) is 27.4 Å². The fourth-order valence-electron chi connectivity index (χ4n) is 0.961. The van der Waals surface area contributed by atoms with E-state index in [9.17, 15) is 0 Å². The van der Waals surface area contributed by atoms with Crippen molar-refractivity contribution >= 4 is 23.1 Å². The zero-order valence-electron chi connectivity index (χ0n) is 7.62. The lowest BCUT2D eigenvalue weighted by molar-refractivity contribution is 0.539. The second-order valence-electron chi connectivity index (χ2n) is 2.58. The van der Waals surface area contributed by atoms with Gasteiger partial charge >= 0.3 is 0 Å². The smallest absolute Gasteiger partial charge is 0.216 e. The minimum Gasteiger partial charge on any atom is -0.238 e. The molecule has 5 nitrogen and oxygen atoms in total. The summed E-state index contributed by atoms with van der Waals surface area (Å²) in [7, 11) is 0. The number of hydrogen-bond donors (Lipinski definition) is 0. The van der Waals surface area contributed by atoms with E-state index >= 15 is 0 Å². The predicted octanol–water partition coefficient (Wildman–Crippen LogP) is 1.69. The van der Waals surface area contributed by atoms with Crippen molar-refractivity contribution < 1.29 is 0 Å². The summed E-state index contributed by atoms with van der Waals surface area (Å²) >= 11 is 3.09. The van der Waals surface area contributed by atoms with Crippen molar-refractivity contribution in [1.29, 1.82) is 0 Å². The lowest BCUT2D eigenvalue weighted by atomic mass is 10.5. The first kappa shape index (κ1) is 9.60. The van der Waals surface area contributed by atoms with Crippen LogP contribution in [0.1, 0.15) is 13.3 Å². The van der Waals surface area contributed by atoms with Crippen LogP contribution in [0.25, 0.3) is 0 Å². The molecule has 0 spiro atoms. The molecule has 0 aliphatic rings. The summed E-state index contributed by atoms with van der Waals surface area (Å²) in [4.78, 5) is 4.16. The SMILES string of the molecule is CCCn1nnnc1Sc1nccs1. The van der Waals surface area contributed by atoms with Gasteiger partial charge in [-0.05, 0) is 28.6 Å². The molecule has 14 heavy (non-hydrogen) atoms. The highest BCUT2D eigenvalue weighted by molar-refractivity contribution is 8.00. The van der Waals surface area contributed by atoms with Gasteiger partial charge in [0.1, 0.15) is 0 Å². The molecule has 2 aromatic heterocycles. The third kappa shape index (κ3) is 2.10. The van der Waals surface area contributed by atoms with Gasteiger partial charge in [0.15, 0.2) is 4.34 Å². The fraction of sp³-hybridized carbons (Fsp3) is 0.429. The van der Waals surface area contributed by atoms with Gasteiger partial charge in [0.05, 0.1) is 0 Å². The maximum absolute atomic E-state index is 4.16. The Morgan fingerprint density at radius 1 is 1.57 bits per heavy atom. The van der Waals surface area contributed by atoms with Gasteiger partial charge in [-0.25, -0.2) is 9.67 Å². The molecule has 7 heteroatoms. The van der Waals surface area contributed by atoms with E-state index in [1.807, 2.05) is 5.38 Å². The van der Waals surface area contributed by atoms with Crippen molar-refractivity contribution in [1.82, 2.24) is 25.2 Å². The van der Waals surface area contributed by atoms with Gasteiger partial charge in [0, 0.05) is 18.1 Å². The second kappa shape index (κ2) is 4.52. The van der Waals surface area contributed by atoms with Crippen LogP contribution in [-0.2, 0) is 6.54 Å². The standard InChI is InChI=1S/C7H9N5S2/c1-2-4-12-6(9-10-11-12)14-7-8-3-5-13-7/h3,5H,2,4H2,1H3. The van der Waals surface area contributed by atoms with E-state index < -0.39 is 0 Å². The lowest BCUT2D eigenvalue weighted by Crippen LogP contribution is -2.00. The van der Waals surface area contributed by atoms with E-state index in [1.54, 1.807) is 22.2 Å². The molecule has 2 rings (SSSR count). The van der Waals surface area contributed by atoms with Gasteiger partial charge in [-0.1, -0.05) is 6.92 Å². The molecule has 0 aliphatic carbocycles. The Kier molecular flexibility index (Phi) is 3.10. The van der Waals surface area contributed by atoms with Gasteiger partial charge in [-0.2, -0.15) is 0 Å². The molecule has 0 saturated heterocycles. The van der Waals surface area contributed by atoms with Crippen LogP contribution in [0.4, 0.5) is 0 Å². The normalized spacial score (nSPS) is 10.6. The molecule has 74 valence electrons. The lowest BCUT2D eigenvalue weighted by Gasteiger charge is -1.98. The maximum atomic E-state index is 4.16. The molecule has 0 atom stereocenters. The summed E-state index contributed by atoms with van der Waals surface area (Å²) in [5.41, 5.74) is 0. The molecule has 0 bridgehead atoms. The Morgan fingerprint density at radius 3 is 3.21 bits per heavy atom. The summed E-state index contributed by atoms with van der Waals surface area (Å²) in [6.07, 6.45) is 2.80. The summed E-state index contributed by atoms with van der Waals surface area (Å²) in [6.45, 7) is 2.94.